The van der Waals surface area contributed by atoms with Crippen LogP contribution in [-0.4, -0.2) is 67.8 Å². The van der Waals surface area contributed by atoms with E-state index in [9.17, 15) is 19.5 Å². The van der Waals surface area contributed by atoms with Gasteiger partial charge in [0, 0.05) is 22.3 Å². The van der Waals surface area contributed by atoms with Crippen molar-refractivity contribution >= 4 is 51.1 Å². The molecule has 41 heavy (non-hydrogen) atoms. The number of fused-ring (bicyclic) bond motifs is 1. The molecule has 5 rings (SSSR count). The summed E-state index contributed by atoms with van der Waals surface area (Å²) in [5.74, 6) is -1.29. The average Bonchev–Trinajstić information content (AvgIpc) is 3.57. The molecule has 2 bridgehead atoms. The van der Waals surface area contributed by atoms with E-state index in [-0.39, 0.29) is 40.3 Å². The van der Waals surface area contributed by atoms with Gasteiger partial charge >= 0.3 is 0 Å². The van der Waals surface area contributed by atoms with Crippen LogP contribution in [0.15, 0.2) is 54.6 Å². The lowest BCUT2D eigenvalue weighted by molar-refractivity contribution is -0.143. The number of halogens is 1. The molecular formula is C31H38BrN3O5S. The summed E-state index contributed by atoms with van der Waals surface area (Å²) in [5.41, 5.74) is 1.58. The SMILES string of the molecule is CCOc1ccc(NC(=O)[C@H]2[C@@H]3SC4(CC3Br)C(C(=O)NCc3ccccc3)N([C@@H](CO)[C@@H](C)CC)C(=O)[C@H]24)cc1. The third-order valence-corrected chi connectivity index (χ3v) is 12.1. The van der Waals surface area contributed by atoms with Gasteiger partial charge in [0.15, 0.2) is 0 Å². The number of hydrogen-bond donors (Lipinski definition) is 3. The van der Waals surface area contributed by atoms with Crippen molar-refractivity contribution in [3.05, 3.63) is 60.2 Å². The van der Waals surface area contributed by atoms with E-state index in [0.29, 0.717) is 31.0 Å². The minimum absolute atomic E-state index is 0.0262. The second-order valence-electron chi connectivity index (χ2n) is 11.2. The number of hydrogen-bond acceptors (Lipinski definition) is 6. The van der Waals surface area contributed by atoms with Crippen LogP contribution in [0.4, 0.5) is 5.69 Å². The third-order valence-electron chi connectivity index (χ3n) is 8.87. The Balaban J connectivity index is 1.47. The van der Waals surface area contributed by atoms with Crippen LogP contribution < -0.4 is 15.4 Å². The van der Waals surface area contributed by atoms with Gasteiger partial charge in [-0.3, -0.25) is 14.4 Å². The molecule has 1 spiro atoms. The first-order chi connectivity index (χ1) is 19.7. The van der Waals surface area contributed by atoms with E-state index in [1.165, 1.54) is 0 Å². The van der Waals surface area contributed by atoms with Gasteiger partial charge in [-0.1, -0.05) is 66.5 Å². The van der Waals surface area contributed by atoms with Crippen molar-refractivity contribution in [1.29, 1.82) is 0 Å². The smallest absolute Gasteiger partial charge is 0.244 e. The Kier molecular flexibility index (Phi) is 9.01. The van der Waals surface area contributed by atoms with Gasteiger partial charge in [0.25, 0.3) is 0 Å². The Labute approximate surface area is 254 Å². The van der Waals surface area contributed by atoms with E-state index in [2.05, 4.69) is 26.6 Å². The van der Waals surface area contributed by atoms with Crippen LogP contribution >= 0.6 is 27.7 Å². The van der Waals surface area contributed by atoms with Crippen LogP contribution in [-0.2, 0) is 20.9 Å². The molecule has 0 radical (unpaired) electrons. The van der Waals surface area contributed by atoms with Crippen LogP contribution in [0.5, 0.6) is 5.75 Å². The molecule has 0 aromatic heterocycles. The number of ether oxygens (including phenoxy) is 1. The van der Waals surface area contributed by atoms with E-state index < -0.39 is 28.7 Å². The molecule has 220 valence electrons. The molecule has 2 aromatic rings. The van der Waals surface area contributed by atoms with Crippen LogP contribution in [0.3, 0.4) is 0 Å². The first-order valence-corrected chi connectivity index (χ1v) is 16.2. The summed E-state index contributed by atoms with van der Waals surface area (Å²) in [4.78, 5) is 43.9. The lowest BCUT2D eigenvalue weighted by atomic mass is 9.70. The van der Waals surface area contributed by atoms with Crippen molar-refractivity contribution in [3.8, 4) is 5.75 Å². The minimum Gasteiger partial charge on any atom is -0.494 e. The highest BCUT2D eigenvalue weighted by Gasteiger charge is 2.76. The number of aliphatic hydroxyl groups excluding tert-OH is 1. The largest absolute Gasteiger partial charge is 0.494 e. The van der Waals surface area contributed by atoms with E-state index in [1.807, 2.05) is 51.1 Å². The zero-order valence-electron chi connectivity index (χ0n) is 23.6. The molecule has 0 saturated carbocycles. The number of nitrogens with zero attached hydrogens (tertiary/aromatic N) is 1. The summed E-state index contributed by atoms with van der Waals surface area (Å²) in [5, 5.41) is 16.4. The minimum atomic E-state index is -0.798. The number of likely N-dealkylation sites (tertiary alicyclic amines) is 1. The summed E-state index contributed by atoms with van der Waals surface area (Å²) < 4.78 is 4.74. The number of carbonyl (C=O) groups is 3. The molecule has 3 aliphatic rings. The van der Waals surface area contributed by atoms with Gasteiger partial charge in [-0.05, 0) is 49.1 Å². The second kappa shape index (κ2) is 12.4. The molecule has 3 N–H and O–H groups in total. The van der Waals surface area contributed by atoms with Crippen molar-refractivity contribution < 1.29 is 24.2 Å². The van der Waals surface area contributed by atoms with Crippen LogP contribution in [0.1, 0.15) is 39.2 Å². The molecule has 3 heterocycles. The van der Waals surface area contributed by atoms with Gasteiger partial charge in [0.1, 0.15) is 11.8 Å². The van der Waals surface area contributed by atoms with Gasteiger partial charge in [-0.2, -0.15) is 0 Å². The molecule has 8 nitrogen and oxygen atoms in total. The summed E-state index contributed by atoms with van der Waals surface area (Å²) >= 11 is 5.40. The first kappa shape index (κ1) is 29.9. The zero-order chi connectivity index (χ0) is 29.3. The first-order valence-electron chi connectivity index (χ1n) is 14.4. The molecule has 3 unspecified atom stereocenters. The normalized spacial score (nSPS) is 29.6. The standard InChI is InChI=1S/C31H38BrN3O5S/c1-4-18(3)23(17-36)35-27(29(38)33-16-19-9-7-6-8-10-19)31-15-22(32)26(41-31)24(25(31)30(35)39)28(37)34-20-11-13-21(14-12-20)40-5-2/h6-14,18,22-27,36H,4-5,15-17H2,1-3H3,(H,33,38)(H,34,37)/t18-,22?,23-,24+,25-,26+,27?,31?/m0/s1. The Hall–Kier alpha value is -2.56. The number of nitrogens with one attached hydrogen (secondary N) is 2. The van der Waals surface area contributed by atoms with Crippen LogP contribution in [0.25, 0.3) is 0 Å². The average molecular weight is 645 g/mol. The van der Waals surface area contributed by atoms with Crippen molar-refractivity contribution in [2.45, 2.75) is 67.1 Å². The lowest BCUT2D eigenvalue weighted by Gasteiger charge is -2.39. The molecule has 2 aromatic carbocycles. The summed E-state index contributed by atoms with van der Waals surface area (Å²) in [7, 11) is 0. The Morgan fingerprint density at radius 1 is 1.15 bits per heavy atom. The fourth-order valence-corrected chi connectivity index (χ4v) is 10.3. The second-order valence-corrected chi connectivity index (χ2v) is 13.9. The van der Waals surface area contributed by atoms with E-state index in [0.717, 1.165) is 12.0 Å². The molecule has 3 fully saturated rings. The number of benzene rings is 2. The maximum absolute atomic E-state index is 14.4. The maximum atomic E-state index is 14.4. The molecule has 0 aliphatic carbocycles. The van der Waals surface area contributed by atoms with Crippen molar-refractivity contribution in [3.63, 3.8) is 0 Å². The number of rotatable bonds is 11. The summed E-state index contributed by atoms with van der Waals surface area (Å²) in [6, 6.07) is 15.5. The zero-order valence-corrected chi connectivity index (χ0v) is 26.0. The predicted molar refractivity (Wildman–Crippen MR) is 164 cm³/mol. The molecule has 10 heteroatoms. The number of thioether (sulfide) groups is 1. The van der Waals surface area contributed by atoms with Gasteiger partial charge in [-0.15, -0.1) is 11.8 Å². The molecule has 8 atom stereocenters. The summed E-state index contributed by atoms with van der Waals surface area (Å²) in [6.45, 7) is 6.55. The molecule has 3 amide bonds. The number of carbonyl (C=O) groups excluding carboxylic acids is 3. The summed E-state index contributed by atoms with van der Waals surface area (Å²) in [6.07, 6.45) is 1.33. The number of alkyl halides is 1. The van der Waals surface area contributed by atoms with Crippen molar-refractivity contribution in [2.24, 2.45) is 17.8 Å². The number of aliphatic hydroxyl groups is 1. The lowest BCUT2D eigenvalue weighted by Crippen LogP contribution is -2.58. The van der Waals surface area contributed by atoms with Crippen molar-refractivity contribution in [2.75, 3.05) is 18.5 Å². The quantitative estimate of drug-likeness (QED) is 0.317. The molecule has 3 aliphatic heterocycles. The highest BCUT2D eigenvalue weighted by atomic mass is 79.9. The van der Waals surface area contributed by atoms with Gasteiger partial charge in [-0.25, -0.2) is 0 Å². The monoisotopic (exact) mass is 643 g/mol. The topological polar surface area (TPSA) is 108 Å². The Morgan fingerprint density at radius 3 is 2.49 bits per heavy atom. The fourth-order valence-electron chi connectivity index (χ4n) is 6.75. The van der Waals surface area contributed by atoms with Crippen molar-refractivity contribution in [1.82, 2.24) is 10.2 Å². The third kappa shape index (κ3) is 5.39. The van der Waals surface area contributed by atoms with Gasteiger partial charge in [0.2, 0.25) is 17.7 Å². The number of anilines is 1. The Bertz CT molecular complexity index is 1260. The van der Waals surface area contributed by atoms with Crippen LogP contribution in [0.2, 0.25) is 0 Å². The number of amides is 3. The van der Waals surface area contributed by atoms with E-state index in [1.54, 1.807) is 40.9 Å². The van der Waals surface area contributed by atoms with Gasteiger partial charge < -0.3 is 25.4 Å². The predicted octanol–water partition coefficient (Wildman–Crippen LogP) is 4.21. The maximum Gasteiger partial charge on any atom is 0.244 e. The Morgan fingerprint density at radius 2 is 1.85 bits per heavy atom. The highest BCUT2D eigenvalue weighted by Crippen LogP contribution is 2.68. The van der Waals surface area contributed by atoms with E-state index in [4.69, 9.17) is 4.74 Å². The molecular weight excluding hydrogens is 606 g/mol. The van der Waals surface area contributed by atoms with E-state index >= 15 is 0 Å². The van der Waals surface area contributed by atoms with Gasteiger partial charge in [0.05, 0.1) is 35.8 Å². The fraction of sp³-hybridized carbons (Fsp3) is 0.516. The highest BCUT2D eigenvalue weighted by molar-refractivity contribution is 9.09. The molecule has 3 saturated heterocycles. The van der Waals surface area contributed by atoms with Crippen LogP contribution in [0, 0.1) is 17.8 Å².